The maximum atomic E-state index is 12.5. The minimum Gasteiger partial charge on any atom is -0.478 e. The van der Waals surface area contributed by atoms with Gasteiger partial charge in [0.05, 0.1) is 5.56 Å². The molecule has 6 nitrogen and oxygen atoms in total. The third-order valence-electron chi connectivity index (χ3n) is 4.13. The monoisotopic (exact) mass is 376 g/mol. The number of benzene rings is 2. The Balaban J connectivity index is 1.56. The number of rotatable bonds is 8. The van der Waals surface area contributed by atoms with Crippen molar-refractivity contribution in [2.45, 2.75) is 13.0 Å². The highest BCUT2D eigenvalue weighted by Crippen LogP contribution is 2.16. The number of carboxylic acid groups (broad SMARTS) is 1. The highest BCUT2D eigenvalue weighted by molar-refractivity contribution is 5.96. The predicted octanol–water partition coefficient (Wildman–Crippen LogP) is 3.33. The molecule has 3 rings (SSSR count). The number of aromatic carboxylic acids is 1. The van der Waals surface area contributed by atoms with Gasteiger partial charge in [-0.1, -0.05) is 42.5 Å². The molecule has 28 heavy (non-hydrogen) atoms. The van der Waals surface area contributed by atoms with Crippen LogP contribution in [0.15, 0.2) is 72.9 Å². The third kappa shape index (κ3) is 5.17. The zero-order valence-electron chi connectivity index (χ0n) is 15.2. The number of nitrogens with zero attached hydrogens (tertiary/aromatic N) is 1. The van der Waals surface area contributed by atoms with Gasteiger partial charge in [0.25, 0.3) is 5.91 Å². The van der Waals surface area contributed by atoms with Gasteiger partial charge in [0, 0.05) is 12.7 Å². The van der Waals surface area contributed by atoms with Crippen molar-refractivity contribution in [1.82, 2.24) is 10.3 Å². The average Bonchev–Trinajstić information content (AvgIpc) is 2.73. The SMILES string of the molecule is O=C(O)c1ccc(CCNC(=O)c2cccnc2OCc2ccccc2)cc1. The number of aromatic nitrogens is 1. The van der Waals surface area contributed by atoms with Gasteiger partial charge in [0.15, 0.2) is 0 Å². The molecule has 1 aromatic heterocycles. The van der Waals surface area contributed by atoms with Crippen LogP contribution in [0.1, 0.15) is 31.8 Å². The van der Waals surface area contributed by atoms with Crippen LogP contribution in [0.4, 0.5) is 0 Å². The molecule has 3 aromatic rings. The van der Waals surface area contributed by atoms with Crippen molar-refractivity contribution < 1.29 is 19.4 Å². The van der Waals surface area contributed by atoms with Crippen LogP contribution >= 0.6 is 0 Å². The first-order valence-electron chi connectivity index (χ1n) is 8.85. The van der Waals surface area contributed by atoms with Crippen LogP contribution in [-0.4, -0.2) is 28.5 Å². The van der Waals surface area contributed by atoms with Crippen LogP contribution in [0.25, 0.3) is 0 Å². The number of carbonyl (C=O) groups excluding carboxylic acids is 1. The lowest BCUT2D eigenvalue weighted by molar-refractivity contribution is 0.0696. The fourth-order valence-electron chi connectivity index (χ4n) is 2.63. The van der Waals surface area contributed by atoms with Gasteiger partial charge >= 0.3 is 5.97 Å². The molecule has 1 amide bonds. The van der Waals surface area contributed by atoms with Crippen molar-refractivity contribution in [3.05, 3.63) is 95.2 Å². The van der Waals surface area contributed by atoms with Crippen LogP contribution in [-0.2, 0) is 13.0 Å². The highest BCUT2D eigenvalue weighted by Gasteiger charge is 2.13. The first kappa shape index (κ1) is 19.1. The van der Waals surface area contributed by atoms with E-state index in [-0.39, 0.29) is 17.4 Å². The molecule has 0 spiro atoms. The summed E-state index contributed by atoms with van der Waals surface area (Å²) in [6, 6.07) is 19.6. The van der Waals surface area contributed by atoms with Crippen molar-refractivity contribution >= 4 is 11.9 Å². The number of pyridine rings is 1. The molecule has 2 aromatic carbocycles. The molecule has 1 heterocycles. The number of carbonyl (C=O) groups is 2. The van der Waals surface area contributed by atoms with Gasteiger partial charge in [-0.25, -0.2) is 9.78 Å². The Hall–Kier alpha value is -3.67. The van der Waals surface area contributed by atoms with Crippen LogP contribution in [0.5, 0.6) is 5.88 Å². The number of hydrogen-bond acceptors (Lipinski definition) is 4. The first-order valence-corrected chi connectivity index (χ1v) is 8.85. The standard InChI is InChI=1S/C22H20N2O4/c25-20(23-14-12-16-8-10-18(11-9-16)22(26)27)19-7-4-13-24-21(19)28-15-17-5-2-1-3-6-17/h1-11,13H,12,14-15H2,(H,23,25)(H,26,27). The molecule has 0 atom stereocenters. The summed E-state index contributed by atoms with van der Waals surface area (Å²) in [5.74, 6) is -0.938. The van der Waals surface area contributed by atoms with Crippen molar-refractivity contribution in [2.24, 2.45) is 0 Å². The zero-order valence-corrected chi connectivity index (χ0v) is 15.2. The topological polar surface area (TPSA) is 88.5 Å². The maximum Gasteiger partial charge on any atom is 0.335 e. The lowest BCUT2D eigenvalue weighted by atomic mass is 10.1. The van der Waals surface area contributed by atoms with Gasteiger partial charge in [-0.2, -0.15) is 0 Å². The number of nitrogens with one attached hydrogen (secondary N) is 1. The number of carboxylic acids is 1. The van der Waals surface area contributed by atoms with E-state index in [4.69, 9.17) is 9.84 Å². The Morgan fingerprint density at radius 1 is 0.929 bits per heavy atom. The van der Waals surface area contributed by atoms with Gasteiger partial charge in [-0.3, -0.25) is 4.79 Å². The molecule has 6 heteroatoms. The summed E-state index contributed by atoms with van der Waals surface area (Å²) in [6.45, 7) is 0.742. The summed E-state index contributed by atoms with van der Waals surface area (Å²) in [7, 11) is 0. The predicted molar refractivity (Wildman–Crippen MR) is 104 cm³/mol. The second-order valence-corrected chi connectivity index (χ2v) is 6.14. The summed E-state index contributed by atoms with van der Waals surface area (Å²) >= 11 is 0. The second kappa shape index (κ2) is 9.32. The van der Waals surface area contributed by atoms with E-state index in [1.807, 2.05) is 30.3 Å². The largest absolute Gasteiger partial charge is 0.478 e. The molecule has 0 fully saturated rings. The fourth-order valence-corrected chi connectivity index (χ4v) is 2.63. The molecule has 0 saturated carbocycles. The molecular weight excluding hydrogens is 356 g/mol. The van der Waals surface area contributed by atoms with E-state index >= 15 is 0 Å². The van der Waals surface area contributed by atoms with Crippen LogP contribution < -0.4 is 10.1 Å². The lowest BCUT2D eigenvalue weighted by Gasteiger charge is -2.11. The van der Waals surface area contributed by atoms with Crippen molar-refractivity contribution in [1.29, 1.82) is 0 Å². The summed E-state index contributed by atoms with van der Waals surface area (Å²) in [4.78, 5) is 27.5. The molecule has 2 N–H and O–H groups in total. The molecule has 142 valence electrons. The molecule has 0 radical (unpaired) electrons. The fraction of sp³-hybridized carbons (Fsp3) is 0.136. The van der Waals surface area contributed by atoms with Crippen LogP contribution in [0.2, 0.25) is 0 Å². The molecule has 0 aliphatic carbocycles. The minimum absolute atomic E-state index is 0.239. The molecule has 0 bridgehead atoms. The Labute approximate surface area is 162 Å². The summed E-state index contributed by atoms with van der Waals surface area (Å²) < 4.78 is 5.72. The number of hydrogen-bond donors (Lipinski definition) is 2. The van der Waals surface area contributed by atoms with E-state index < -0.39 is 5.97 Å². The molecule has 0 saturated heterocycles. The van der Waals surface area contributed by atoms with E-state index in [1.165, 1.54) is 0 Å². The first-order chi connectivity index (χ1) is 13.6. The summed E-state index contributed by atoms with van der Waals surface area (Å²) in [5, 5.41) is 11.8. The van der Waals surface area contributed by atoms with Gasteiger partial charge < -0.3 is 15.2 Å². The number of ether oxygens (including phenoxy) is 1. The Bertz CT molecular complexity index is 940. The van der Waals surface area contributed by atoms with E-state index in [0.29, 0.717) is 25.1 Å². The summed E-state index contributed by atoms with van der Waals surface area (Å²) in [5.41, 5.74) is 2.55. The Morgan fingerprint density at radius 2 is 1.68 bits per heavy atom. The third-order valence-corrected chi connectivity index (χ3v) is 4.13. The Kier molecular flexibility index (Phi) is 6.36. The van der Waals surface area contributed by atoms with Gasteiger partial charge in [-0.15, -0.1) is 0 Å². The molecule has 0 unspecified atom stereocenters. The van der Waals surface area contributed by atoms with Crippen LogP contribution in [0, 0.1) is 0 Å². The van der Waals surface area contributed by atoms with Gasteiger partial charge in [0.2, 0.25) is 5.88 Å². The zero-order chi connectivity index (χ0) is 19.8. The highest BCUT2D eigenvalue weighted by atomic mass is 16.5. The molecule has 0 aliphatic heterocycles. The molecular formula is C22H20N2O4. The van der Waals surface area contributed by atoms with Gasteiger partial charge in [-0.05, 0) is 41.8 Å². The lowest BCUT2D eigenvalue weighted by Crippen LogP contribution is -2.26. The Morgan fingerprint density at radius 3 is 2.39 bits per heavy atom. The summed E-state index contributed by atoms with van der Waals surface area (Å²) in [6.07, 6.45) is 2.17. The van der Waals surface area contributed by atoms with Crippen LogP contribution in [0.3, 0.4) is 0 Å². The smallest absolute Gasteiger partial charge is 0.335 e. The average molecular weight is 376 g/mol. The quantitative estimate of drug-likeness (QED) is 0.630. The van der Waals surface area contributed by atoms with Gasteiger partial charge in [0.1, 0.15) is 12.2 Å². The van der Waals surface area contributed by atoms with E-state index in [1.54, 1.807) is 42.6 Å². The minimum atomic E-state index is -0.959. The normalized spacial score (nSPS) is 10.3. The number of amides is 1. The van der Waals surface area contributed by atoms with Crippen molar-refractivity contribution in [2.75, 3.05) is 6.54 Å². The van der Waals surface area contributed by atoms with E-state index in [0.717, 1.165) is 11.1 Å². The van der Waals surface area contributed by atoms with Crippen molar-refractivity contribution in [3.8, 4) is 5.88 Å². The van der Waals surface area contributed by atoms with Crippen molar-refractivity contribution in [3.63, 3.8) is 0 Å². The molecule has 0 aliphatic rings. The second-order valence-electron chi connectivity index (χ2n) is 6.14. The maximum absolute atomic E-state index is 12.5. The van der Waals surface area contributed by atoms with E-state index in [2.05, 4.69) is 10.3 Å². The van der Waals surface area contributed by atoms with E-state index in [9.17, 15) is 9.59 Å².